The number of alkyl halides is 2. The van der Waals surface area contributed by atoms with E-state index >= 15 is 0 Å². The maximum Gasteiger partial charge on any atom is 0.387 e. The summed E-state index contributed by atoms with van der Waals surface area (Å²) >= 11 is 0. The van der Waals surface area contributed by atoms with Crippen LogP contribution in [-0.4, -0.2) is 12.5 Å². The molecule has 0 unspecified atom stereocenters. The van der Waals surface area contributed by atoms with Crippen molar-refractivity contribution in [3.63, 3.8) is 0 Å². The maximum absolute atomic E-state index is 13.5. The summed E-state index contributed by atoms with van der Waals surface area (Å²) in [7, 11) is 0. The summed E-state index contributed by atoms with van der Waals surface area (Å²) in [6.45, 7) is -3.14. The predicted molar refractivity (Wildman–Crippen MR) is 84.2 cm³/mol. The van der Waals surface area contributed by atoms with Crippen molar-refractivity contribution in [1.29, 1.82) is 5.41 Å². The summed E-state index contributed by atoms with van der Waals surface area (Å²) in [6.07, 6.45) is 1.15. The molecule has 126 valence electrons. The van der Waals surface area contributed by atoms with Crippen LogP contribution in [0.5, 0.6) is 5.75 Å². The number of nitrogens with two attached hydrogens (primary N) is 1. The number of nitrogens with one attached hydrogen (secondary N) is 1. The maximum atomic E-state index is 13.5. The van der Waals surface area contributed by atoms with Gasteiger partial charge < -0.3 is 15.2 Å². The van der Waals surface area contributed by atoms with Crippen molar-refractivity contribution in [3.05, 3.63) is 71.6 Å². The van der Waals surface area contributed by atoms with E-state index < -0.39 is 12.4 Å². The Kier molecular flexibility index (Phi) is 5.83. The number of benzene rings is 2. The van der Waals surface area contributed by atoms with E-state index in [4.69, 9.17) is 15.9 Å². The normalized spacial score (nSPS) is 11.4. The van der Waals surface area contributed by atoms with Crippen LogP contribution in [0.3, 0.4) is 0 Å². The first-order valence-corrected chi connectivity index (χ1v) is 6.93. The topological polar surface area (TPSA) is 68.3 Å². The second-order valence-corrected chi connectivity index (χ2v) is 4.72. The van der Waals surface area contributed by atoms with Crippen molar-refractivity contribution in [3.8, 4) is 5.75 Å². The molecule has 0 bridgehead atoms. The first-order valence-electron chi connectivity index (χ1n) is 6.93. The van der Waals surface area contributed by atoms with E-state index in [9.17, 15) is 13.2 Å². The molecule has 0 atom stereocenters. The fourth-order valence-corrected chi connectivity index (χ4v) is 1.94. The van der Waals surface area contributed by atoms with Crippen LogP contribution in [0.15, 0.2) is 54.6 Å². The van der Waals surface area contributed by atoms with Crippen LogP contribution in [0.25, 0.3) is 5.70 Å². The van der Waals surface area contributed by atoms with Gasteiger partial charge in [-0.2, -0.15) is 8.78 Å². The van der Waals surface area contributed by atoms with Gasteiger partial charge in [0.05, 0.1) is 0 Å². The molecule has 0 saturated carbocycles. The Morgan fingerprint density at radius 2 is 1.79 bits per heavy atom. The largest absolute Gasteiger partial charge is 0.473 e. The SMILES string of the molecule is N=C(/C=C(\N)c1ccccc1OC(F)F)OCc1ccccc1F. The van der Waals surface area contributed by atoms with E-state index in [1.165, 1.54) is 30.3 Å². The third-order valence-corrected chi connectivity index (χ3v) is 3.04. The van der Waals surface area contributed by atoms with Crippen LogP contribution in [0, 0.1) is 11.2 Å². The van der Waals surface area contributed by atoms with Gasteiger partial charge in [-0.3, -0.25) is 5.41 Å². The summed E-state index contributed by atoms with van der Waals surface area (Å²) in [5.74, 6) is -0.885. The molecule has 0 amide bonds. The van der Waals surface area contributed by atoms with Crippen molar-refractivity contribution in [1.82, 2.24) is 0 Å². The molecule has 2 aromatic rings. The molecular weight excluding hydrogens is 321 g/mol. The smallest absolute Gasteiger partial charge is 0.387 e. The molecular formula is C17H15F3N2O2. The lowest BCUT2D eigenvalue weighted by Gasteiger charge is -2.11. The zero-order valence-electron chi connectivity index (χ0n) is 12.5. The van der Waals surface area contributed by atoms with Gasteiger partial charge in [0.2, 0.25) is 5.90 Å². The summed E-state index contributed by atoms with van der Waals surface area (Å²) in [5.41, 5.74) is 6.32. The van der Waals surface area contributed by atoms with E-state index in [2.05, 4.69) is 4.74 Å². The highest BCUT2D eigenvalue weighted by Crippen LogP contribution is 2.24. The number of para-hydroxylation sites is 1. The Labute approximate surface area is 136 Å². The highest BCUT2D eigenvalue weighted by molar-refractivity contribution is 5.93. The van der Waals surface area contributed by atoms with Gasteiger partial charge in [0.25, 0.3) is 0 Å². The molecule has 24 heavy (non-hydrogen) atoms. The molecule has 2 aromatic carbocycles. The fourth-order valence-electron chi connectivity index (χ4n) is 1.94. The lowest BCUT2D eigenvalue weighted by atomic mass is 10.1. The monoisotopic (exact) mass is 336 g/mol. The number of halogens is 3. The summed E-state index contributed by atoms with van der Waals surface area (Å²) in [5, 5.41) is 7.71. The molecule has 0 saturated heterocycles. The van der Waals surface area contributed by atoms with Gasteiger partial charge in [0.1, 0.15) is 18.2 Å². The number of hydrogen-bond donors (Lipinski definition) is 2. The standard InChI is InChI=1S/C17H15F3N2O2/c18-13-7-3-1-5-11(13)10-23-16(22)9-14(21)12-6-2-4-8-15(12)24-17(19)20/h1-9,17,22H,10,21H2/b14-9-,22-16?. The lowest BCUT2D eigenvalue weighted by Crippen LogP contribution is -2.09. The van der Waals surface area contributed by atoms with Crippen molar-refractivity contribution in [2.24, 2.45) is 5.73 Å². The second-order valence-electron chi connectivity index (χ2n) is 4.72. The molecule has 2 rings (SSSR count). The minimum Gasteiger partial charge on any atom is -0.473 e. The number of ether oxygens (including phenoxy) is 2. The van der Waals surface area contributed by atoms with Gasteiger partial charge in [0.15, 0.2) is 0 Å². The van der Waals surface area contributed by atoms with Crippen LogP contribution in [0.4, 0.5) is 13.2 Å². The number of rotatable bonds is 6. The van der Waals surface area contributed by atoms with E-state index in [1.54, 1.807) is 18.2 Å². The summed E-state index contributed by atoms with van der Waals surface area (Å²) < 4.78 is 47.7. The van der Waals surface area contributed by atoms with Gasteiger partial charge in [0, 0.05) is 22.9 Å². The van der Waals surface area contributed by atoms with Crippen LogP contribution in [-0.2, 0) is 11.3 Å². The van der Waals surface area contributed by atoms with Crippen LogP contribution < -0.4 is 10.5 Å². The van der Waals surface area contributed by atoms with E-state index in [1.807, 2.05) is 0 Å². The minimum atomic E-state index is -2.99. The lowest BCUT2D eigenvalue weighted by molar-refractivity contribution is -0.0500. The molecule has 0 aliphatic rings. The van der Waals surface area contributed by atoms with Crippen molar-refractivity contribution in [2.45, 2.75) is 13.2 Å². The minimum absolute atomic E-state index is 0.0183. The number of hydrogen-bond acceptors (Lipinski definition) is 4. The molecule has 0 heterocycles. The predicted octanol–water partition coefficient (Wildman–Crippen LogP) is 3.92. The van der Waals surface area contributed by atoms with Crippen LogP contribution in [0.2, 0.25) is 0 Å². The Morgan fingerprint density at radius 3 is 2.50 bits per heavy atom. The van der Waals surface area contributed by atoms with Gasteiger partial charge in [-0.25, -0.2) is 4.39 Å². The third kappa shape index (κ3) is 4.77. The van der Waals surface area contributed by atoms with Crippen molar-refractivity contribution >= 4 is 11.6 Å². The van der Waals surface area contributed by atoms with Crippen molar-refractivity contribution < 1.29 is 22.6 Å². The van der Waals surface area contributed by atoms with Gasteiger partial charge >= 0.3 is 6.61 Å². The zero-order chi connectivity index (χ0) is 17.5. The Balaban J connectivity index is 2.08. The molecule has 0 radical (unpaired) electrons. The Hall–Kier alpha value is -2.96. The van der Waals surface area contributed by atoms with Crippen LogP contribution >= 0.6 is 0 Å². The summed E-state index contributed by atoms with van der Waals surface area (Å²) in [6, 6.07) is 11.9. The Morgan fingerprint density at radius 1 is 1.12 bits per heavy atom. The average molecular weight is 336 g/mol. The van der Waals surface area contributed by atoms with Gasteiger partial charge in [-0.05, 0) is 18.2 Å². The van der Waals surface area contributed by atoms with Gasteiger partial charge in [-0.1, -0.05) is 30.3 Å². The molecule has 0 fully saturated rings. The molecule has 3 N–H and O–H groups in total. The quantitative estimate of drug-likeness (QED) is 0.620. The van der Waals surface area contributed by atoms with Gasteiger partial charge in [-0.15, -0.1) is 0 Å². The van der Waals surface area contributed by atoms with E-state index in [0.29, 0.717) is 0 Å². The van der Waals surface area contributed by atoms with E-state index in [-0.39, 0.29) is 35.1 Å². The fraction of sp³-hybridized carbons (Fsp3) is 0.118. The first-order chi connectivity index (χ1) is 11.5. The second kappa shape index (κ2) is 8.05. The molecule has 7 heteroatoms. The first kappa shape index (κ1) is 17.4. The zero-order valence-corrected chi connectivity index (χ0v) is 12.5. The molecule has 4 nitrogen and oxygen atoms in total. The average Bonchev–Trinajstić information content (AvgIpc) is 2.54. The van der Waals surface area contributed by atoms with E-state index in [0.717, 1.165) is 6.08 Å². The molecule has 0 aliphatic heterocycles. The summed E-state index contributed by atoms with van der Waals surface area (Å²) in [4.78, 5) is 0. The third-order valence-electron chi connectivity index (χ3n) is 3.04. The van der Waals surface area contributed by atoms with Crippen molar-refractivity contribution in [2.75, 3.05) is 0 Å². The molecule has 0 aromatic heterocycles. The Bertz CT molecular complexity index is 748. The molecule has 0 spiro atoms. The van der Waals surface area contributed by atoms with Crippen LogP contribution in [0.1, 0.15) is 11.1 Å². The highest BCUT2D eigenvalue weighted by Gasteiger charge is 2.11. The molecule has 0 aliphatic carbocycles. The highest BCUT2D eigenvalue weighted by atomic mass is 19.3.